The summed E-state index contributed by atoms with van der Waals surface area (Å²) in [5.41, 5.74) is 1.01. The lowest BCUT2D eigenvalue weighted by Crippen LogP contribution is -2.34. The SMILES string of the molecule is COc1ccc(C(C)NC(=O)Cn2nc3ccccn3c2=O)cc1OC. The molecule has 26 heavy (non-hydrogen) atoms. The van der Waals surface area contributed by atoms with E-state index in [-0.39, 0.29) is 24.2 Å². The molecule has 2 heterocycles. The zero-order chi connectivity index (χ0) is 18.7. The fourth-order valence-electron chi connectivity index (χ4n) is 2.70. The quantitative estimate of drug-likeness (QED) is 0.721. The van der Waals surface area contributed by atoms with E-state index in [4.69, 9.17) is 9.47 Å². The Balaban J connectivity index is 1.73. The summed E-state index contributed by atoms with van der Waals surface area (Å²) in [6, 6.07) is 10.4. The summed E-state index contributed by atoms with van der Waals surface area (Å²) in [6.45, 7) is 1.70. The summed E-state index contributed by atoms with van der Waals surface area (Å²) in [6.07, 6.45) is 1.62. The molecule has 3 rings (SSSR count). The van der Waals surface area contributed by atoms with Crippen LogP contribution in [-0.4, -0.2) is 34.3 Å². The fraction of sp³-hybridized carbons (Fsp3) is 0.278. The van der Waals surface area contributed by atoms with Crippen LogP contribution < -0.4 is 20.5 Å². The number of pyridine rings is 1. The minimum absolute atomic E-state index is 0.155. The number of amides is 1. The largest absolute Gasteiger partial charge is 0.493 e. The first kappa shape index (κ1) is 17.5. The van der Waals surface area contributed by atoms with E-state index in [1.54, 1.807) is 50.7 Å². The molecule has 1 N–H and O–H groups in total. The Kier molecular flexibility index (Phi) is 4.92. The van der Waals surface area contributed by atoms with Crippen molar-refractivity contribution < 1.29 is 14.3 Å². The molecule has 1 unspecified atom stereocenters. The number of rotatable bonds is 6. The Bertz CT molecular complexity index is 992. The van der Waals surface area contributed by atoms with E-state index >= 15 is 0 Å². The van der Waals surface area contributed by atoms with Gasteiger partial charge in [0, 0.05) is 6.20 Å². The van der Waals surface area contributed by atoms with Gasteiger partial charge in [0.15, 0.2) is 17.1 Å². The van der Waals surface area contributed by atoms with Gasteiger partial charge in [-0.15, -0.1) is 5.10 Å². The molecule has 0 aliphatic rings. The fourth-order valence-corrected chi connectivity index (χ4v) is 2.70. The van der Waals surface area contributed by atoms with Crippen molar-refractivity contribution in [1.29, 1.82) is 0 Å². The Hall–Kier alpha value is -3.29. The predicted octanol–water partition coefficient (Wildman–Crippen LogP) is 1.39. The van der Waals surface area contributed by atoms with Crippen LogP contribution in [0.4, 0.5) is 0 Å². The minimum Gasteiger partial charge on any atom is -0.493 e. The second-order valence-corrected chi connectivity index (χ2v) is 5.77. The molecule has 1 amide bonds. The first-order chi connectivity index (χ1) is 12.5. The number of hydrogen-bond donors (Lipinski definition) is 1. The lowest BCUT2D eigenvalue weighted by Gasteiger charge is -2.16. The number of fused-ring (bicyclic) bond motifs is 1. The van der Waals surface area contributed by atoms with Gasteiger partial charge in [0.05, 0.1) is 20.3 Å². The Morgan fingerprint density at radius 1 is 1.19 bits per heavy atom. The van der Waals surface area contributed by atoms with Crippen molar-refractivity contribution in [3.8, 4) is 11.5 Å². The monoisotopic (exact) mass is 356 g/mol. The van der Waals surface area contributed by atoms with Crippen molar-refractivity contribution in [3.63, 3.8) is 0 Å². The maximum Gasteiger partial charge on any atom is 0.350 e. The van der Waals surface area contributed by atoms with Gasteiger partial charge in [-0.05, 0) is 36.8 Å². The topological polar surface area (TPSA) is 86.9 Å². The minimum atomic E-state index is -0.352. The molecule has 0 spiro atoms. The van der Waals surface area contributed by atoms with Crippen molar-refractivity contribution in [2.24, 2.45) is 0 Å². The highest BCUT2D eigenvalue weighted by Gasteiger charge is 2.15. The molecule has 0 aliphatic carbocycles. The maximum absolute atomic E-state index is 12.3. The molecule has 8 heteroatoms. The summed E-state index contributed by atoms with van der Waals surface area (Å²) >= 11 is 0. The zero-order valence-electron chi connectivity index (χ0n) is 14.8. The predicted molar refractivity (Wildman–Crippen MR) is 95.6 cm³/mol. The van der Waals surface area contributed by atoms with Gasteiger partial charge >= 0.3 is 5.69 Å². The first-order valence-corrected chi connectivity index (χ1v) is 8.09. The van der Waals surface area contributed by atoms with E-state index in [2.05, 4.69) is 10.4 Å². The lowest BCUT2D eigenvalue weighted by molar-refractivity contribution is -0.122. The number of benzene rings is 1. The molecule has 0 radical (unpaired) electrons. The van der Waals surface area contributed by atoms with Gasteiger partial charge in [-0.3, -0.25) is 9.20 Å². The average Bonchev–Trinajstić information content (AvgIpc) is 2.96. The molecular weight excluding hydrogens is 336 g/mol. The number of carbonyl (C=O) groups is 1. The Morgan fingerprint density at radius 2 is 1.96 bits per heavy atom. The van der Waals surface area contributed by atoms with Crippen molar-refractivity contribution in [2.45, 2.75) is 19.5 Å². The van der Waals surface area contributed by atoms with Crippen LogP contribution in [0.3, 0.4) is 0 Å². The summed E-state index contributed by atoms with van der Waals surface area (Å²) < 4.78 is 13.0. The van der Waals surface area contributed by atoms with E-state index < -0.39 is 0 Å². The number of hydrogen-bond acceptors (Lipinski definition) is 5. The van der Waals surface area contributed by atoms with Crippen molar-refractivity contribution in [3.05, 3.63) is 58.6 Å². The molecule has 1 atom stereocenters. The zero-order valence-corrected chi connectivity index (χ0v) is 14.8. The van der Waals surface area contributed by atoms with Gasteiger partial charge in [0.25, 0.3) is 0 Å². The molecule has 0 saturated heterocycles. The number of aromatic nitrogens is 3. The molecule has 0 aliphatic heterocycles. The highest BCUT2D eigenvalue weighted by atomic mass is 16.5. The Morgan fingerprint density at radius 3 is 2.65 bits per heavy atom. The third-order valence-corrected chi connectivity index (χ3v) is 4.07. The lowest BCUT2D eigenvalue weighted by atomic mass is 10.1. The van der Waals surface area contributed by atoms with E-state index in [1.165, 1.54) is 4.40 Å². The van der Waals surface area contributed by atoms with Crippen LogP contribution in [0.2, 0.25) is 0 Å². The smallest absolute Gasteiger partial charge is 0.350 e. The van der Waals surface area contributed by atoms with E-state index in [9.17, 15) is 9.59 Å². The van der Waals surface area contributed by atoms with Crippen LogP contribution in [0.15, 0.2) is 47.4 Å². The third kappa shape index (κ3) is 3.39. The molecule has 0 saturated carbocycles. The normalized spacial score (nSPS) is 12.0. The number of nitrogens with zero attached hydrogens (tertiary/aromatic N) is 3. The van der Waals surface area contributed by atoms with E-state index in [0.29, 0.717) is 17.1 Å². The van der Waals surface area contributed by atoms with Gasteiger partial charge < -0.3 is 14.8 Å². The summed E-state index contributed by atoms with van der Waals surface area (Å²) in [5.74, 6) is 0.895. The number of ether oxygens (including phenoxy) is 2. The summed E-state index contributed by atoms with van der Waals surface area (Å²) in [4.78, 5) is 24.6. The standard InChI is InChI=1S/C18H20N4O4/c1-12(13-7-8-14(25-2)15(10-13)26-3)19-17(23)11-22-18(24)21-9-5-4-6-16(21)20-22/h4-10,12H,11H2,1-3H3,(H,19,23). The molecule has 8 nitrogen and oxygen atoms in total. The van der Waals surface area contributed by atoms with Crippen LogP contribution in [0, 0.1) is 0 Å². The number of carbonyl (C=O) groups excluding carboxylic acids is 1. The molecule has 2 aromatic heterocycles. The van der Waals surface area contributed by atoms with E-state index in [1.807, 2.05) is 13.0 Å². The molecule has 1 aromatic carbocycles. The van der Waals surface area contributed by atoms with Crippen molar-refractivity contribution in [1.82, 2.24) is 19.5 Å². The van der Waals surface area contributed by atoms with Crippen LogP contribution in [0.1, 0.15) is 18.5 Å². The van der Waals surface area contributed by atoms with Gasteiger partial charge in [-0.1, -0.05) is 12.1 Å². The molecule has 0 bridgehead atoms. The van der Waals surface area contributed by atoms with Crippen molar-refractivity contribution >= 4 is 11.6 Å². The highest BCUT2D eigenvalue weighted by Crippen LogP contribution is 2.29. The van der Waals surface area contributed by atoms with Gasteiger partial charge in [0.1, 0.15) is 6.54 Å². The first-order valence-electron chi connectivity index (χ1n) is 8.09. The van der Waals surface area contributed by atoms with Crippen LogP contribution >= 0.6 is 0 Å². The third-order valence-electron chi connectivity index (χ3n) is 4.07. The Labute approximate surface area is 150 Å². The van der Waals surface area contributed by atoms with Crippen LogP contribution in [-0.2, 0) is 11.3 Å². The van der Waals surface area contributed by atoms with E-state index in [0.717, 1.165) is 10.2 Å². The number of nitrogens with one attached hydrogen (secondary N) is 1. The summed E-state index contributed by atoms with van der Waals surface area (Å²) in [5, 5.41) is 7.01. The van der Waals surface area contributed by atoms with Crippen LogP contribution in [0.25, 0.3) is 5.65 Å². The van der Waals surface area contributed by atoms with Gasteiger partial charge in [-0.25, -0.2) is 9.48 Å². The highest BCUT2D eigenvalue weighted by molar-refractivity contribution is 5.76. The maximum atomic E-state index is 12.3. The molecule has 3 aromatic rings. The second kappa shape index (κ2) is 7.30. The molecule has 136 valence electrons. The number of methoxy groups -OCH3 is 2. The van der Waals surface area contributed by atoms with Crippen molar-refractivity contribution in [2.75, 3.05) is 14.2 Å². The van der Waals surface area contributed by atoms with Gasteiger partial charge in [0.2, 0.25) is 5.91 Å². The molecule has 0 fully saturated rings. The van der Waals surface area contributed by atoms with Crippen LogP contribution in [0.5, 0.6) is 11.5 Å². The second-order valence-electron chi connectivity index (χ2n) is 5.77. The average molecular weight is 356 g/mol. The van der Waals surface area contributed by atoms with Gasteiger partial charge in [-0.2, -0.15) is 0 Å². The summed E-state index contributed by atoms with van der Waals surface area (Å²) in [7, 11) is 3.12. The molecular formula is C18H20N4O4.